The number of benzene rings is 1. The molecule has 1 aromatic rings. The van der Waals surface area contributed by atoms with Crippen LogP contribution in [0, 0.1) is 6.92 Å². The Morgan fingerprint density at radius 2 is 1.94 bits per heavy atom. The number of hydrogen-bond donors (Lipinski definition) is 1. The number of nitrogens with one attached hydrogen (secondary N) is 1. The molecule has 0 heterocycles. The molecule has 1 aromatic carbocycles. The molecule has 0 aliphatic carbocycles. The average molecular weight is 268 g/mol. The average Bonchev–Trinajstić information content (AvgIpc) is 2.35. The fraction of sp³-hybridized carbons (Fsp3) is 0.500. The summed E-state index contributed by atoms with van der Waals surface area (Å²) in [6.07, 6.45) is 4.25. The zero-order valence-corrected chi connectivity index (χ0v) is 11.8. The monoisotopic (exact) mass is 268 g/mol. The van der Waals surface area contributed by atoms with Gasteiger partial charge in [0, 0.05) is 0 Å². The number of rotatable bonds is 8. The molecule has 1 rings (SSSR count). The largest absolute Gasteiger partial charge is 0.283 e. The molecular formula is C14H22NO2S. The standard InChI is InChI=1S/C14H22NO2S/c1-3-5-9-13-10-7-8-11-14(13)15-18(16,17)12-6-4-2/h7-8,10-11,15H,1,3-6,9,12H2,2H3. The molecule has 3 nitrogen and oxygen atoms in total. The van der Waals surface area contributed by atoms with Crippen molar-refractivity contribution < 1.29 is 8.42 Å². The summed E-state index contributed by atoms with van der Waals surface area (Å²) in [5.74, 6) is 0.188. The topological polar surface area (TPSA) is 46.2 Å². The van der Waals surface area contributed by atoms with Gasteiger partial charge in [-0.15, -0.1) is 0 Å². The smallest absolute Gasteiger partial charge is 0.232 e. The normalized spacial score (nSPS) is 11.4. The number of aryl methyl sites for hydroxylation is 1. The Bertz CT molecular complexity index is 455. The van der Waals surface area contributed by atoms with E-state index >= 15 is 0 Å². The molecule has 0 fully saturated rings. The summed E-state index contributed by atoms with van der Waals surface area (Å²) in [6.45, 7) is 5.79. The summed E-state index contributed by atoms with van der Waals surface area (Å²) >= 11 is 0. The summed E-state index contributed by atoms with van der Waals surface area (Å²) in [4.78, 5) is 0. The second-order valence-corrected chi connectivity index (χ2v) is 6.23. The van der Waals surface area contributed by atoms with Gasteiger partial charge in [0.25, 0.3) is 0 Å². The maximum absolute atomic E-state index is 11.9. The van der Waals surface area contributed by atoms with Gasteiger partial charge in [0.15, 0.2) is 0 Å². The minimum atomic E-state index is -3.21. The van der Waals surface area contributed by atoms with Crippen LogP contribution >= 0.6 is 0 Å². The first kappa shape index (κ1) is 15.0. The van der Waals surface area contributed by atoms with Gasteiger partial charge in [0.05, 0.1) is 11.4 Å². The molecule has 0 unspecified atom stereocenters. The zero-order chi connectivity index (χ0) is 13.4. The Balaban J connectivity index is 2.77. The van der Waals surface area contributed by atoms with E-state index in [1.807, 2.05) is 31.2 Å². The third-order valence-electron chi connectivity index (χ3n) is 2.75. The van der Waals surface area contributed by atoms with Crippen molar-refractivity contribution in [2.75, 3.05) is 10.5 Å². The zero-order valence-electron chi connectivity index (χ0n) is 11.0. The maximum atomic E-state index is 11.9. The van der Waals surface area contributed by atoms with E-state index < -0.39 is 10.0 Å². The van der Waals surface area contributed by atoms with Crippen molar-refractivity contribution in [3.63, 3.8) is 0 Å². The van der Waals surface area contributed by atoms with Gasteiger partial charge < -0.3 is 0 Å². The minimum absolute atomic E-state index is 0.188. The van der Waals surface area contributed by atoms with Crippen molar-refractivity contribution in [3.05, 3.63) is 36.8 Å². The van der Waals surface area contributed by atoms with Gasteiger partial charge in [-0.2, -0.15) is 0 Å². The predicted octanol–water partition coefficient (Wildman–Crippen LogP) is 3.39. The highest BCUT2D eigenvalue weighted by Crippen LogP contribution is 2.19. The summed E-state index contributed by atoms with van der Waals surface area (Å²) < 4.78 is 26.4. The van der Waals surface area contributed by atoms with Gasteiger partial charge in [-0.3, -0.25) is 4.72 Å². The van der Waals surface area contributed by atoms with Crippen LogP contribution in [-0.4, -0.2) is 14.2 Å². The molecular weight excluding hydrogens is 246 g/mol. The Morgan fingerprint density at radius 1 is 1.22 bits per heavy atom. The third-order valence-corrected chi connectivity index (χ3v) is 4.10. The van der Waals surface area contributed by atoms with Gasteiger partial charge in [-0.1, -0.05) is 44.9 Å². The lowest BCUT2D eigenvalue weighted by Crippen LogP contribution is -2.17. The molecule has 0 aliphatic rings. The lowest BCUT2D eigenvalue weighted by Gasteiger charge is -2.12. The molecule has 0 bridgehead atoms. The molecule has 0 amide bonds. The van der Waals surface area contributed by atoms with E-state index in [1.165, 1.54) is 0 Å². The fourth-order valence-electron chi connectivity index (χ4n) is 1.71. The number of anilines is 1. The van der Waals surface area contributed by atoms with Gasteiger partial charge in [-0.05, 0) is 30.9 Å². The molecule has 0 atom stereocenters. The number of unbranched alkanes of at least 4 members (excludes halogenated alkanes) is 2. The van der Waals surface area contributed by atoms with E-state index in [2.05, 4.69) is 11.6 Å². The first-order chi connectivity index (χ1) is 8.59. The van der Waals surface area contributed by atoms with Crippen molar-refractivity contribution in [1.82, 2.24) is 0 Å². The van der Waals surface area contributed by atoms with Crippen LogP contribution in [0.3, 0.4) is 0 Å². The summed E-state index contributed by atoms with van der Waals surface area (Å²) in [7, 11) is -3.21. The van der Waals surface area contributed by atoms with Crippen molar-refractivity contribution >= 4 is 15.7 Å². The molecule has 0 saturated heterocycles. The second-order valence-electron chi connectivity index (χ2n) is 4.39. The molecule has 0 spiro atoms. The van der Waals surface area contributed by atoms with E-state index in [0.717, 1.165) is 31.2 Å². The first-order valence-corrected chi connectivity index (χ1v) is 8.12. The first-order valence-electron chi connectivity index (χ1n) is 6.46. The van der Waals surface area contributed by atoms with Crippen LogP contribution in [0.2, 0.25) is 0 Å². The van der Waals surface area contributed by atoms with Crippen LogP contribution in [-0.2, 0) is 16.4 Å². The Kier molecular flexibility index (Phi) is 6.19. The van der Waals surface area contributed by atoms with Crippen molar-refractivity contribution in [2.24, 2.45) is 0 Å². The van der Waals surface area contributed by atoms with Crippen molar-refractivity contribution in [3.8, 4) is 0 Å². The van der Waals surface area contributed by atoms with Crippen LogP contribution in [0.1, 0.15) is 38.2 Å². The van der Waals surface area contributed by atoms with Crippen LogP contribution in [0.15, 0.2) is 24.3 Å². The molecule has 0 aromatic heterocycles. The van der Waals surface area contributed by atoms with Gasteiger partial charge in [-0.25, -0.2) is 8.42 Å². The predicted molar refractivity (Wildman–Crippen MR) is 77.1 cm³/mol. The summed E-state index contributed by atoms with van der Waals surface area (Å²) in [6, 6.07) is 7.57. The van der Waals surface area contributed by atoms with Crippen molar-refractivity contribution in [1.29, 1.82) is 0 Å². The van der Waals surface area contributed by atoms with Gasteiger partial charge in [0.1, 0.15) is 0 Å². The van der Waals surface area contributed by atoms with E-state index in [4.69, 9.17) is 0 Å². The Labute approximate surface area is 111 Å². The molecule has 0 aliphatic heterocycles. The second kappa shape index (κ2) is 7.41. The highest BCUT2D eigenvalue weighted by molar-refractivity contribution is 7.92. The van der Waals surface area contributed by atoms with Gasteiger partial charge >= 0.3 is 0 Å². The van der Waals surface area contributed by atoms with Crippen LogP contribution < -0.4 is 4.72 Å². The highest BCUT2D eigenvalue weighted by Gasteiger charge is 2.11. The SMILES string of the molecule is [CH2]CCCc1ccccc1NS(=O)(=O)CCCC. The molecule has 0 saturated carbocycles. The number of hydrogen-bond acceptors (Lipinski definition) is 2. The van der Waals surface area contributed by atoms with E-state index in [9.17, 15) is 8.42 Å². The number of para-hydroxylation sites is 1. The summed E-state index contributed by atoms with van der Waals surface area (Å²) in [5.41, 5.74) is 1.75. The lowest BCUT2D eigenvalue weighted by atomic mass is 10.1. The minimum Gasteiger partial charge on any atom is -0.283 e. The highest BCUT2D eigenvalue weighted by atomic mass is 32.2. The molecule has 18 heavy (non-hydrogen) atoms. The van der Waals surface area contributed by atoms with E-state index in [-0.39, 0.29) is 5.75 Å². The van der Waals surface area contributed by atoms with E-state index in [0.29, 0.717) is 12.1 Å². The lowest BCUT2D eigenvalue weighted by molar-refractivity contribution is 0.598. The quantitative estimate of drug-likeness (QED) is 0.785. The molecule has 101 valence electrons. The maximum Gasteiger partial charge on any atom is 0.232 e. The molecule has 1 N–H and O–H groups in total. The van der Waals surface area contributed by atoms with Gasteiger partial charge in [0.2, 0.25) is 10.0 Å². The Hall–Kier alpha value is -1.03. The third kappa shape index (κ3) is 5.08. The summed E-state index contributed by atoms with van der Waals surface area (Å²) in [5, 5.41) is 0. The van der Waals surface area contributed by atoms with Crippen LogP contribution in [0.4, 0.5) is 5.69 Å². The number of sulfonamides is 1. The Morgan fingerprint density at radius 3 is 2.61 bits per heavy atom. The molecule has 1 radical (unpaired) electrons. The van der Waals surface area contributed by atoms with Crippen LogP contribution in [0.25, 0.3) is 0 Å². The molecule has 4 heteroatoms. The fourth-order valence-corrected chi connectivity index (χ4v) is 3.01. The van der Waals surface area contributed by atoms with E-state index in [1.54, 1.807) is 0 Å². The van der Waals surface area contributed by atoms with Crippen LogP contribution in [0.5, 0.6) is 0 Å². The van der Waals surface area contributed by atoms with Crippen molar-refractivity contribution in [2.45, 2.75) is 39.0 Å².